The van der Waals surface area contributed by atoms with Gasteiger partial charge in [-0.3, -0.25) is 4.79 Å². The van der Waals surface area contributed by atoms with Gasteiger partial charge < -0.3 is 9.47 Å². The smallest absolute Gasteiger partial charge is 0.274 e. The second-order valence-electron chi connectivity index (χ2n) is 8.77. The fourth-order valence-electron chi connectivity index (χ4n) is 4.99. The number of imidazole rings is 1. The van der Waals surface area contributed by atoms with Gasteiger partial charge in [-0.05, 0) is 42.7 Å². The van der Waals surface area contributed by atoms with Crippen LogP contribution in [-0.2, 0) is 19.4 Å². The van der Waals surface area contributed by atoms with Crippen molar-refractivity contribution in [1.82, 2.24) is 14.5 Å². The Labute approximate surface area is 178 Å². The predicted octanol–water partition coefficient (Wildman–Crippen LogP) is 4.71. The van der Waals surface area contributed by atoms with Crippen LogP contribution in [-0.4, -0.2) is 33.4 Å². The summed E-state index contributed by atoms with van der Waals surface area (Å²) in [6.45, 7) is 2.59. The highest BCUT2D eigenvalue weighted by Crippen LogP contribution is 2.29. The van der Waals surface area contributed by atoms with Gasteiger partial charge in [-0.1, -0.05) is 60.7 Å². The first-order chi connectivity index (χ1) is 14.8. The highest BCUT2D eigenvalue weighted by Gasteiger charge is 2.28. The molecule has 3 aromatic rings. The van der Waals surface area contributed by atoms with Crippen LogP contribution in [0.25, 0.3) is 0 Å². The van der Waals surface area contributed by atoms with Crippen molar-refractivity contribution >= 4 is 5.91 Å². The van der Waals surface area contributed by atoms with Crippen molar-refractivity contribution in [3.8, 4) is 0 Å². The van der Waals surface area contributed by atoms with Crippen molar-refractivity contribution in [2.45, 2.75) is 44.6 Å². The van der Waals surface area contributed by atoms with Crippen molar-refractivity contribution < 1.29 is 4.79 Å². The van der Waals surface area contributed by atoms with Gasteiger partial charge in [0, 0.05) is 38.2 Å². The number of hydrogen-bond acceptors (Lipinski definition) is 2. The van der Waals surface area contributed by atoms with Crippen LogP contribution in [0, 0.1) is 5.92 Å². The Hall–Kier alpha value is -2.88. The minimum absolute atomic E-state index is 0.103. The minimum atomic E-state index is 0.103. The predicted molar refractivity (Wildman–Crippen MR) is 119 cm³/mol. The summed E-state index contributed by atoms with van der Waals surface area (Å²) < 4.78 is 2.20. The van der Waals surface area contributed by atoms with Gasteiger partial charge in [0.15, 0.2) is 0 Å². The molecule has 4 heteroatoms. The molecule has 2 aliphatic rings. The standard InChI is InChI=1S/C26H29N3O/c30-26(28-15-13-21(14-16-28)17-20-7-3-1-4-8-20)24-19-29-18-23(11-12-25(29)27-24)22-9-5-2-6-10-22/h1-10,19,21,23H,11-18H2. The van der Waals surface area contributed by atoms with E-state index in [1.807, 2.05) is 11.1 Å². The normalized spacial score (nSPS) is 19.5. The lowest BCUT2D eigenvalue weighted by atomic mass is 9.90. The van der Waals surface area contributed by atoms with Crippen LogP contribution < -0.4 is 0 Å². The molecule has 3 heterocycles. The average Bonchev–Trinajstić information content (AvgIpc) is 3.24. The third kappa shape index (κ3) is 4.04. The summed E-state index contributed by atoms with van der Waals surface area (Å²) in [7, 11) is 0. The maximum atomic E-state index is 13.1. The van der Waals surface area contributed by atoms with Gasteiger partial charge >= 0.3 is 0 Å². The second kappa shape index (κ2) is 8.47. The monoisotopic (exact) mass is 399 g/mol. The Morgan fingerprint density at radius 2 is 1.63 bits per heavy atom. The molecular weight excluding hydrogens is 370 g/mol. The molecule has 0 spiro atoms. The number of amides is 1. The topological polar surface area (TPSA) is 38.1 Å². The third-order valence-corrected chi connectivity index (χ3v) is 6.75. The first-order valence-electron chi connectivity index (χ1n) is 11.2. The van der Waals surface area contributed by atoms with E-state index in [0.717, 1.165) is 57.6 Å². The van der Waals surface area contributed by atoms with Gasteiger partial charge in [0.25, 0.3) is 5.91 Å². The highest BCUT2D eigenvalue weighted by atomic mass is 16.2. The average molecular weight is 400 g/mol. The highest BCUT2D eigenvalue weighted by molar-refractivity contribution is 5.92. The van der Waals surface area contributed by atoms with Crippen LogP contribution in [0.4, 0.5) is 0 Å². The third-order valence-electron chi connectivity index (χ3n) is 6.75. The first kappa shape index (κ1) is 19.1. The molecule has 1 atom stereocenters. The van der Waals surface area contributed by atoms with E-state index >= 15 is 0 Å². The van der Waals surface area contributed by atoms with Crippen molar-refractivity contribution in [3.63, 3.8) is 0 Å². The van der Waals surface area contributed by atoms with E-state index in [9.17, 15) is 4.79 Å². The van der Waals surface area contributed by atoms with Crippen molar-refractivity contribution in [2.75, 3.05) is 13.1 Å². The fraction of sp³-hybridized carbons (Fsp3) is 0.385. The lowest BCUT2D eigenvalue weighted by Gasteiger charge is -2.31. The van der Waals surface area contributed by atoms with Crippen LogP contribution in [0.2, 0.25) is 0 Å². The van der Waals surface area contributed by atoms with Crippen LogP contribution in [0.15, 0.2) is 66.9 Å². The number of likely N-dealkylation sites (tertiary alicyclic amines) is 1. The van der Waals surface area contributed by atoms with Gasteiger partial charge in [-0.25, -0.2) is 4.98 Å². The van der Waals surface area contributed by atoms with Gasteiger partial charge in [-0.2, -0.15) is 0 Å². The lowest BCUT2D eigenvalue weighted by Crippen LogP contribution is -2.39. The summed E-state index contributed by atoms with van der Waals surface area (Å²) in [5.41, 5.74) is 3.41. The molecule has 5 rings (SSSR count). The van der Waals surface area contributed by atoms with E-state index in [4.69, 9.17) is 4.98 Å². The Kier molecular flexibility index (Phi) is 5.39. The molecule has 1 amide bonds. The summed E-state index contributed by atoms with van der Waals surface area (Å²) in [4.78, 5) is 19.8. The minimum Gasteiger partial charge on any atom is -0.337 e. The van der Waals surface area contributed by atoms with Gasteiger partial charge in [0.1, 0.15) is 11.5 Å². The molecule has 1 unspecified atom stereocenters. The number of hydrogen-bond donors (Lipinski definition) is 0. The molecule has 30 heavy (non-hydrogen) atoms. The van der Waals surface area contributed by atoms with Crippen LogP contribution in [0.3, 0.4) is 0 Å². The zero-order valence-electron chi connectivity index (χ0n) is 17.4. The second-order valence-corrected chi connectivity index (χ2v) is 8.77. The number of fused-ring (bicyclic) bond motifs is 1. The molecule has 4 nitrogen and oxygen atoms in total. The number of carbonyl (C=O) groups is 1. The Morgan fingerprint density at radius 1 is 0.933 bits per heavy atom. The number of aromatic nitrogens is 2. The number of aryl methyl sites for hydroxylation is 1. The molecule has 0 saturated carbocycles. The van der Waals surface area contributed by atoms with Crippen LogP contribution in [0.5, 0.6) is 0 Å². The molecular formula is C26H29N3O. The maximum absolute atomic E-state index is 13.1. The molecule has 0 radical (unpaired) electrons. The summed E-state index contributed by atoms with van der Waals surface area (Å²) >= 11 is 0. The quantitative estimate of drug-likeness (QED) is 0.637. The molecule has 1 aromatic heterocycles. The molecule has 2 aromatic carbocycles. The summed E-state index contributed by atoms with van der Waals surface area (Å²) in [6.07, 6.45) is 7.28. The zero-order chi connectivity index (χ0) is 20.3. The van der Waals surface area contributed by atoms with Gasteiger partial charge in [0.2, 0.25) is 0 Å². The van der Waals surface area contributed by atoms with Crippen molar-refractivity contribution in [2.24, 2.45) is 5.92 Å². The summed E-state index contributed by atoms with van der Waals surface area (Å²) in [5.74, 6) is 2.33. The van der Waals surface area contributed by atoms with E-state index in [1.54, 1.807) is 0 Å². The van der Waals surface area contributed by atoms with E-state index in [0.29, 0.717) is 17.5 Å². The SMILES string of the molecule is O=C(c1cn2c(n1)CCC(c1ccccc1)C2)N1CCC(Cc2ccccc2)CC1. The summed E-state index contributed by atoms with van der Waals surface area (Å²) in [5, 5.41) is 0. The lowest BCUT2D eigenvalue weighted by molar-refractivity contribution is 0.0685. The molecule has 2 aliphatic heterocycles. The Balaban J connectivity index is 1.20. The van der Waals surface area contributed by atoms with Crippen molar-refractivity contribution in [1.29, 1.82) is 0 Å². The van der Waals surface area contributed by atoms with E-state index < -0.39 is 0 Å². The number of benzene rings is 2. The Morgan fingerprint density at radius 3 is 2.37 bits per heavy atom. The zero-order valence-corrected chi connectivity index (χ0v) is 17.4. The van der Waals surface area contributed by atoms with Crippen LogP contribution in [0.1, 0.15) is 52.6 Å². The fourth-order valence-corrected chi connectivity index (χ4v) is 4.99. The largest absolute Gasteiger partial charge is 0.337 e. The molecule has 154 valence electrons. The van der Waals surface area contributed by atoms with E-state index in [2.05, 4.69) is 65.2 Å². The van der Waals surface area contributed by atoms with E-state index in [1.165, 1.54) is 11.1 Å². The number of carbonyl (C=O) groups excluding carboxylic acids is 1. The number of rotatable bonds is 4. The summed E-state index contributed by atoms with van der Waals surface area (Å²) in [6, 6.07) is 21.4. The number of piperidine rings is 1. The molecule has 1 saturated heterocycles. The van der Waals surface area contributed by atoms with Crippen LogP contribution >= 0.6 is 0 Å². The van der Waals surface area contributed by atoms with E-state index in [-0.39, 0.29) is 5.91 Å². The number of nitrogens with zero attached hydrogens (tertiary/aromatic N) is 3. The molecule has 0 bridgehead atoms. The maximum Gasteiger partial charge on any atom is 0.274 e. The Bertz CT molecular complexity index is 988. The first-order valence-corrected chi connectivity index (χ1v) is 11.2. The van der Waals surface area contributed by atoms with Gasteiger partial charge in [0.05, 0.1) is 0 Å². The molecule has 0 N–H and O–H groups in total. The molecule has 1 fully saturated rings. The van der Waals surface area contributed by atoms with Crippen molar-refractivity contribution in [3.05, 3.63) is 89.5 Å². The molecule has 0 aliphatic carbocycles. The van der Waals surface area contributed by atoms with Gasteiger partial charge in [-0.15, -0.1) is 0 Å².